The van der Waals surface area contributed by atoms with E-state index in [-0.39, 0.29) is 11.8 Å². The van der Waals surface area contributed by atoms with Gasteiger partial charge in [0.15, 0.2) is 0 Å². The number of nitrogens with zero attached hydrogens (tertiary/aromatic N) is 1. The highest BCUT2D eigenvalue weighted by Gasteiger charge is 2.34. The Kier molecular flexibility index (Phi) is 5.53. The first-order chi connectivity index (χ1) is 12.1. The van der Waals surface area contributed by atoms with Crippen LogP contribution in [-0.2, 0) is 9.59 Å². The zero-order valence-corrected chi connectivity index (χ0v) is 14.8. The molecule has 1 fully saturated rings. The molecule has 1 aromatic heterocycles. The van der Waals surface area contributed by atoms with Crippen molar-refractivity contribution in [1.29, 1.82) is 0 Å². The molecule has 0 unspecified atom stereocenters. The van der Waals surface area contributed by atoms with Gasteiger partial charge in [0, 0.05) is 13.1 Å². The van der Waals surface area contributed by atoms with Gasteiger partial charge in [0.05, 0.1) is 17.4 Å². The SMILES string of the molecule is O=C(O)[C@@H]1CC=CC[C@H]1C(=O)Nc1sccc1C(=O)N1CCCCC1. The number of aliphatic carboxylic acids is 1. The first-order valence-electron chi connectivity index (χ1n) is 8.63. The van der Waals surface area contributed by atoms with Crippen LogP contribution in [0.25, 0.3) is 0 Å². The summed E-state index contributed by atoms with van der Waals surface area (Å²) in [7, 11) is 0. The molecular weight excluding hydrogens is 340 g/mol. The summed E-state index contributed by atoms with van der Waals surface area (Å²) < 4.78 is 0. The number of likely N-dealkylation sites (tertiary alicyclic amines) is 1. The maximum atomic E-state index is 12.7. The van der Waals surface area contributed by atoms with Crippen LogP contribution in [-0.4, -0.2) is 40.9 Å². The molecule has 2 N–H and O–H groups in total. The fourth-order valence-electron chi connectivity index (χ4n) is 3.42. The molecule has 2 heterocycles. The van der Waals surface area contributed by atoms with Crippen molar-refractivity contribution < 1.29 is 19.5 Å². The molecule has 0 aromatic carbocycles. The van der Waals surface area contributed by atoms with E-state index in [4.69, 9.17) is 0 Å². The third-order valence-corrected chi connectivity index (χ3v) is 5.69. The fourth-order valence-corrected chi connectivity index (χ4v) is 4.21. The topological polar surface area (TPSA) is 86.7 Å². The minimum Gasteiger partial charge on any atom is -0.481 e. The molecule has 0 saturated carbocycles. The van der Waals surface area contributed by atoms with Crippen molar-refractivity contribution in [3.05, 3.63) is 29.2 Å². The van der Waals surface area contributed by atoms with E-state index in [1.807, 2.05) is 11.0 Å². The molecule has 1 aliphatic carbocycles. The normalized spacial score (nSPS) is 23.3. The molecular formula is C18H22N2O4S. The number of carboxylic acid groups (broad SMARTS) is 1. The van der Waals surface area contributed by atoms with Crippen molar-refractivity contribution in [1.82, 2.24) is 4.90 Å². The number of thiophene rings is 1. The molecule has 0 spiro atoms. The van der Waals surface area contributed by atoms with E-state index in [0.717, 1.165) is 32.4 Å². The van der Waals surface area contributed by atoms with E-state index in [1.165, 1.54) is 11.3 Å². The van der Waals surface area contributed by atoms with Crippen molar-refractivity contribution >= 4 is 34.1 Å². The van der Waals surface area contributed by atoms with Gasteiger partial charge in [0.1, 0.15) is 5.00 Å². The van der Waals surface area contributed by atoms with Crippen LogP contribution in [0.1, 0.15) is 42.5 Å². The number of hydrogen-bond donors (Lipinski definition) is 2. The Hall–Kier alpha value is -2.15. The second kappa shape index (κ2) is 7.82. The molecule has 7 heteroatoms. The summed E-state index contributed by atoms with van der Waals surface area (Å²) in [6.07, 6.45) is 7.57. The Morgan fingerprint density at radius 2 is 1.76 bits per heavy atom. The van der Waals surface area contributed by atoms with Crippen molar-refractivity contribution in [2.24, 2.45) is 11.8 Å². The Balaban J connectivity index is 1.72. The number of allylic oxidation sites excluding steroid dienone is 2. The highest BCUT2D eigenvalue weighted by atomic mass is 32.1. The van der Waals surface area contributed by atoms with Crippen LogP contribution >= 0.6 is 11.3 Å². The van der Waals surface area contributed by atoms with Gasteiger partial charge in [-0.15, -0.1) is 11.3 Å². The summed E-state index contributed by atoms with van der Waals surface area (Å²) in [5.41, 5.74) is 0.499. The van der Waals surface area contributed by atoms with Gasteiger partial charge in [-0.2, -0.15) is 0 Å². The van der Waals surface area contributed by atoms with Gasteiger partial charge in [-0.1, -0.05) is 12.2 Å². The van der Waals surface area contributed by atoms with Gasteiger partial charge in [0.25, 0.3) is 5.91 Å². The number of piperidine rings is 1. The van der Waals surface area contributed by atoms with Crippen LogP contribution in [0.5, 0.6) is 0 Å². The molecule has 2 amide bonds. The van der Waals surface area contributed by atoms with Gasteiger partial charge in [-0.25, -0.2) is 0 Å². The molecule has 6 nitrogen and oxygen atoms in total. The number of anilines is 1. The summed E-state index contributed by atoms with van der Waals surface area (Å²) in [6.45, 7) is 1.49. The molecule has 3 rings (SSSR count). The third-order valence-electron chi connectivity index (χ3n) is 4.86. The van der Waals surface area contributed by atoms with Crippen LogP contribution in [0, 0.1) is 11.8 Å². The quantitative estimate of drug-likeness (QED) is 0.806. The molecule has 0 radical (unpaired) electrons. The van der Waals surface area contributed by atoms with E-state index < -0.39 is 17.8 Å². The van der Waals surface area contributed by atoms with E-state index in [9.17, 15) is 19.5 Å². The lowest BCUT2D eigenvalue weighted by atomic mass is 9.82. The van der Waals surface area contributed by atoms with Crippen molar-refractivity contribution in [2.75, 3.05) is 18.4 Å². The molecule has 134 valence electrons. The average molecular weight is 362 g/mol. The zero-order valence-electron chi connectivity index (χ0n) is 13.9. The second-order valence-electron chi connectivity index (χ2n) is 6.50. The highest BCUT2D eigenvalue weighted by molar-refractivity contribution is 7.14. The van der Waals surface area contributed by atoms with Gasteiger partial charge in [-0.05, 0) is 43.6 Å². The maximum Gasteiger partial charge on any atom is 0.307 e. The molecule has 1 aromatic rings. The van der Waals surface area contributed by atoms with Crippen LogP contribution in [0.2, 0.25) is 0 Å². The largest absolute Gasteiger partial charge is 0.481 e. The Morgan fingerprint density at radius 3 is 2.44 bits per heavy atom. The summed E-state index contributed by atoms with van der Waals surface area (Å²) in [5.74, 6) is -2.67. The Labute approximate surface area is 150 Å². The summed E-state index contributed by atoms with van der Waals surface area (Å²) in [6, 6.07) is 1.73. The monoisotopic (exact) mass is 362 g/mol. The average Bonchev–Trinajstić information content (AvgIpc) is 3.09. The number of rotatable bonds is 4. The fraction of sp³-hybridized carbons (Fsp3) is 0.500. The third kappa shape index (κ3) is 3.92. The van der Waals surface area contributed by atoms with Gasteiger partial charge in [0.2, 0.25) is 5.91 Å². The van der Waals surface area contributed by atoms with Crippen molar-refractivity contribution in [3.8, 4) is 0 Å². The summed E-state index contributed by atoms with van der Waals surface area (Å²) in [5, 5.41) is 14.4. The van der Waals surface area contributed by atoms with Crippen LogP contribution in [0.15, 0.2) is 23.6 Å². The maximum absolute atomic E-state index is 12.7. The molecule has 0 bridgehead atoms. The van der Waals surface area contributed by atoms with Crippen LogP contribution < -0.4 is 5.32 Å². The Bertz CT molecular complexity index is 691. The number of carbonyl (C=O) groups excluding carboxylic acids is 2. The van der Waals surface area contributed by atoms with Gasteiger partial charge >= 0.3 is 5.97 Å². The number of carboxylic acids is 1. The number of nitrogens with one attached hydrogen (secondary N) is 1. The second-order valence-corrected chi connectivity index (χ2v) is 7.42. The number of hydrogen-bond acceptors (Lipinski definition) is 4. The van der Waals surface area contributed by atoms with E-state index in [0.29, 0.717) is 23.4 Å². The van der Waals surface area contributed by atoms with Crippen molar-refractivity contribution in [3.63, 3.8) is 0 Å². The van der Waals surface area contributed by atoms with E-state index in [1.54, 1.807) is 17.5 Å². The summed E-state index contributed by atoms with van der Waals surface area (Å²) in [4.78, 5) is 38.5. The van der Waals surface area contributed by atoms with Crippen LogP contribution in [0.3, 0.4) is 0 Å². The molecule has 25 heavy (non-hydrogen) atoms. The van der Waals surface area contributed by atoms with E-state index >= 15 is 0 Å². The number of amides is 2. The lowest BCUT2D eigenvalue weighted by molar-refractivity contribution is -0.146. The summed E-state index contributed by atoms with van der Waals surface area (Å²) >= 11 is 1.30. The Morgan fingerprint density at radius 1 is 1.08 bits per heavy atom. The lowest BCUT2D eigenvalue weighted by Crippen LogP contribution is -2.37. The lowest BCUT2D eigenvalue weighted by Gasteiger charge is -2.27. The zero-order chi connectivity index (χ0) is 17.8. The minimum atomic E-state index is -0.958. The van der Waals surface area contributed by atoms with Crippen molar-refractivity contribution in [2.45, 2.75) is 32.1 Å². The van der Waals surface area contributed by atoms with Crippen LogP contribution in [0.4, 0.5) is 5.00 Å². The first-order valence-corrected chi connectivity index (χ1v) is 9.51. The molecule has 1 aliphatic heterocycles. The number of carbonyl (C=O) groups is 3. The standard InChI is InChI=1S/C18H22N2O4S/c21-15(12-6-2-3-7-13(12)18(23)24)19-16-14(8-11-25-16)17(22)20-9-4-1-5-10-20/h2-3,8,11-13H,1,4-7,9-10H2,(H,19,21)(H,23,24)/t12-,13-/m1/s1. The smallest absolute Gasteiger partial charge is 0.307 e. The predicted octanol–water partition coefficient (Wildman–Crippen LogP) is 2.98. The predicted molar refractivity (Wildman–Crippen MR) is 95.7 cm³/mol. The highest BCUT2D eigenvalue weighted by Crippen LogP contribution is 2.30. The molecule has 2 atom stereocenters. The van der Waals surface area contributed by atoms with E-state index in [2.05, 4.69) is 5.32 Å². The molecule has 2 aliphatic rings. The van der Waals surface area contributed by atoms with Gasteiger partial charge in [-0.3, -0.25) is 14.4 Å². The van der Waals surface area contributed by atoms with Gasteiger partial charge < -0.3 is 15.3 Å². The molecule has 1 saturated heterocycles. The first kappa shape index (κ1) is 17.7. The minimum absolute atomic E-state index is 0.0606.